The lowest BCUT2D eigenvalue weighted by atomic mass is 9.44. The number of likely N-dealkylation sites (N-methyl/N-ethyl adjacent to an activating group) is 3. The number of rotatable bonds is 21. The molecule has 11 rings (SSSR count). The third kappa shape index (κ3) is 15.9. The highest BCUT2D eigenvalue weighted by molar-refractivity contribution is 7.46. The minimum absolute atomic E-state index is 0.0161. The van der Waals surface area contributed by atoms with Crippen molar-refractivity contribution in [2.45, 2.75) is 133 Å². The maximum atomic E-state index is 17.0. The van der Waals surface area contributed by atoms with Gasteiger partial charge < -0.3 is 64.9 Å². The number of hydrogen-bond donors (Lipinski definition) is 7. The number of nitrogens with zero attached hydrogens (tertiary/aromatic N) is 3. The van der Waals surface area contributed by atoms with E-state index in [4.69, 9.17) is 46.1 Å². The highest BCUT2D eigenvalue weighted by Gasteiger charge is 2.75. The number of esters is 1. The highest BCUT2D eigenvalue weighted by Crippen LogP contribution is 2.71. The lowest BCUT2D eigenvalue weighted by molar-refractivity contribution is -0.219. The molecular weight excluding hydrogens is 1240 g/mol. The Morgan fingerprint density at radius 1 is 0.903 bits per heavy atom. The summed E-state index contributed by atoms with van der Waals surface area (Å²) in [4.78, 5) is 74.1. The monoisotopic (exact) mass is 1330 g/mol. The lowest BCUT2D eigenvalue weighted by Crippen LogP contribution is -2.69. The minimum Gasteiger partial charge on any atom is -0.496 e. The molecule has 4 aromatic rings. The van der Waals surface area contributed by atoms with Crippen molar-refractivity contribution in [3.63, 3.8) is 0 Å². The van der Waals surface area contributed by atoms with Crippen molar-refractivity contribution in [2.75, 3.05) is 86.5 Å². The molecule has 4 aliphatic carbocycles. The summed E-state index contributed by atoms with van der Waals surface area (Å²) in [5.41, 5.74) is 3.80. The number of allylic oxidation sites excluding steroid dienone is 4. The Kier molecular flexibility index (Phi) is 24.3. The maximum absolute atomic E-state index is 17.0. The van der Waals surface area contributed by atoms with E-state index in [0.29, 0.717) is 77.7 Å². The van der Waals surface area contributed by atoms with E-state index in [1.807, 2.05) is 42.5 Å². The second kappa shape index (κ2) is 31.0. The first kappa shape index (κ1) is 73.1. The number of anilines is 1. The molecule has 3 saturated carbocycles. The molecule has 23 heteroatoms. The topological polar surface area (TPSA) is 284 Å². The minimum atomic E-state index is -4.93. The van der Waals surface area contributed by atoms with Gasteiger partial charge in [0.25, 0.3) is 5.91 Å². The molecule has 2 bridgehead atoms. The largest absolute Gasteiger partial charge is 0.496 e. The summed E-state index contributed by atoms with van der Waals surface area (Å²) in [5, 5.41) is 35.6. The van der Waals surface area contributed by atoms with Gasteiger partial charge in [0, 0.05) is 67.4 Å². The van der Waals surface area contributed by atoms with Gasteiger partial charge in [0.1, 0.15) is 48.3 Å². The van der Waals surface area contributed by atoms with E-state index in [2.05, 4.69) is 108 Å². The van der Waals surface area contributed by atoms with Crippen LogP contribution in [-0.2, 0) is 37.7 Å². The molecule has 0 radical (unpaired) electrons. The molecule has 1 amide bonds. The van der Waals surface area contributed by atoms with Crippen LogP contribution in [0.15, 0.2) is 127 Å². The normalized spacial score (nSPS) is 29.9. The zero-order valence-corrected chi connectivity index (χ0v) is 56.4. The van der Waals surface area contributed by atoms with Gasteiger partial charge in [0.2, 0.25) is 0 Å². The van der Waals surface area contributed by atoms with Crippen LogP contribution in [0.4, 0.5) is 10.1 Å². The van der Waals surface area contributed by atoms with Crippen LogP contribution in [0.5, 0.6) is 5.75 Å². The number of fused-ring (bicyclic) bond motifs is 10. The number of phosphoric ester groups is 1. The molecule has 3 aliphatic heterocycles. The molecule has 93 heavy (non-hydrogen) atoms. The third-order valence-electron chi connectivity index (χ3n) is 20.5. The van der Waals surface area contributed by atoms with Gasteiger partial charge in [-0.05, 0) is 114 Å². The molecule has 3 saturated heterocycles. The Morgan fingerprint density at radius 3 is 2.02 bits per heavy atom. The summed E-state index contributed by atoms with van der Waals surface area (Å²) in [5.74, 6) is -3.57. The number of phosphoric acid groups is 1. The molecule has 7 aliphatic rings. The number of nitrogens with one attached hydrogen (secondary N) is 1. The Balaban J connectivity index is 0.000000163. The van der Waals surface area contributed by atoms with Gasteiger partial charge in [-0.3, -0.25) is 28.6 Å². The van der Waals surface area contributed by atoms with Gasteiger partial charge >= 0.3 is 13.8 Å². The van der Waals surface area contributed by atoms with Crippen LogP contribution in [0.2, 0.25) is 5.02 Å². The number of carbonyl (C=O) groups is 4. The first-order valence-corrected chi connectivity index (χ1v) is 34.0. The quantitative estimate of drug-likeness (QED) is 0.0179. The summed E-state index contributed by atoms with van der Waals surface area (Å²) in [6, 6.07) is 33.9. The molecule has 0 aromatic heterocycles. The molecule has 13 atom stereocenters. The highest BCUT2D eigenvalue weighted by atomic mass is 35.5. The van der Waals surface area contributed by atoms with E-state index in [-0.39, 0.29) is 42.9 Å². The number of alkyl halides is 1. The van der Waals surface area contributed by atoms with Gasteiger partial charge in [-0.2, -0.15) is 0 Å². The van der Waals surface area contributed by atoms with Gasteiger partial charge in [0.15, 0.2) is 17.2 Å². The maximum Gasteiger partial charge on any atom is 0.470 e. The third-order valence-corrected chi connectivity index (χ3v) is 21.3. The summed E-state index contributed by atoms with van der Waals surface area (Å²) < 4.78 is 55.1. The van der Waals surface area contributed by atoms with Gasteiger partial charge in [0.05, 0.1) is 42.7 Å². The summed E-state index contributed by atoms with van der Waals surface area (Å²) >= 11 is 5.95. The van der Waals surface area contributed by atoms with E-state index in [0.717, 1.165) is 51.2 Å². The van der Waals surface area contributed by atoms with Crippen molar-refractivity contribution in [3.05, 3.63) is 154 Å². The number of ether oxygens (including phenoxy) is 4. The summed E-state index contributed by atoms with van der Waals surface area (Å²) in [6.07, 6.45) is 5.97. The van der Waals surface area contributed by atoms with E-state index in [9.17, 15) is 39.1 Å². The van der Waals surface area contributed by atoms with E-state index < -0.39 is 72.1 Å². The van der Waals surface area contributed by atoms with E-state index >= 15 is 4.39 Å². The van der Waals surface area contributed by atoms with Crippen LogP contribution >= 0.6 is 19.4 Å². The number of ketones is 2. The van der Waals surface area contributed by atoms with Crippen LogP contribution in [0.3, 0.4) is 0 Å². The van der Waals surface area contributed by atoms with Crippen molar-refractivity contribution in [3.8, 4) is 5.75 Å². The number of piperidine rings is 1. The average molecular weight is 1330 g/mol. The van der Waals surface area contributed by atoms with Gasteiger partial charge in [-0.15, -0.1) is 0 Å². The fourth-order valence-corrected chi connectivity index (χ4v) is 15.8. The van der Waals surface area contributed by atoms with Crippen molar-refractivity contribution in [1.29, 1.82) is 0 Å². The van der Waals surface area contributed by atoms with Crippen LogP contribution in [0.1, 0.15) is 112 Å². The molecule has 4 aromatic carbocycles. The number of aliphatic hydroxyl groups excluding tert-OH is 2. The van der Waals surface area contributed by atoms with Crippen molar-refractivity contribution in [2.24, 2.45) is 28.6 Å². The summed E-state index contributed by atoms with van der Waals surface area (Å²) in [7, 11) is 2.81. The fourth-order valence-electron chi connectivity index (χ4n) is 15.3. The molecule has 508 valence electrons. The second-order valence-electron chi connectivity index (χ2n) is 26.1. The first-order chi connectivity index (χ1) is 44.1. The zero-order chi connectivity index (χ0) is 67.8. The first-order valence-electron chi connectivity index (χ1n) is 32.1. The second-order valence-corrected chi connectivity index (χ2v) is 27.8. The Labute approximate surface area is 550 Å². The number of hydrogen-bond acceptors (Lipinski definition) is 17. The number of nitrogen functional groups attached to an aromatic ring is 1. The van der Waals surface area contributed by atoms with E-state index in [1.54, 1.807) is 26.8 Å². The summed E-state index contributed by atoms with van der Waals surface area (Å²) in [6.45, 7) is 12.9. The molecule has 20 nitrogen and oxygen atoms in total. The predicted octanol–water partition coefficient (Wildman–Crippen LogP) is 8.29. The standard InChI is InChI=1S/C22H30FO8P.C17H21NO4.C17H21NO.C14H22ClN3O2/c1-12-8-16-15-5-4-13-9-14(24)6-7-19(13,2)21(15,23)17(25)10-20(16,3)22(12,27)18(26)11-31-32(28,29)30;1-18-13-7-11(8-14(18)16-15(13)22-16)21-17(20)12(9-19)10-5-3-2-4-6-10;1-18(2)13-14-19-17(15-9-5-3-6-10-15)16-11-7-4-8-12-16;1-4-18(5-2)7-6-17-14(19)10-8-11(15)12(16)9-13(10)20-3/h6-7,9,12,15-17,25,27H,4-5,8,10-11H2,1-3H3,(H2,28,29,30);2-6,11-16,19H,7-9H2,1H3;3-12,17H,13-14H2,1-2H3;8-9H,4-7,16H2,1-3H3,(H,17,19)/t12-,15+,16+,17+,19+,20+,21+,22+;11?,12-,13?,14?,15-,16-;;/m11../s1. The Bertz CT molecular complexity index is 3270. The number of epoxide rings is 1. The SMILES string of the molecule is CCN(CC)CCNC(=O)c1cc(Cl)c(N)cc1OC.CN(C)CCOC(c1ccccc1)c1ccccc1.CN1C2CC(OC(=O)[C@H](CO)c3ccccc3)CC1[C@H]1O[C@H]21.C[C@@H]1C[C@H]2[C@@H]3CCC4=CC(=O)C=C[C@]4(C)[C@@]3(F)[C@@H](O)C[C@]2(C)[C@@]1(O)C(=O)COP(=O)(O)O. The number of benzene rings is 4. The number of aliphatic hydroxyl groups is 3. The lowest BCUT2D eigenvalue weighted by Gasteiger charge is -2.62. The van der Waals surface area contributed by atoms with Crippen LogP contribution in [0, 0.1) is 28.6 Å². The predicted molar refractivity (Wildman–Crippen MR) is 352 cm³/mol. The molecule has 0 spiro atoms. The number of Topliss-reactive ketones (excluding diaryl/α,β-unsaturated/α-hetero) is 1. The molecular formula is C70H94ClFN5O15P. The number of amides is 1. The Hall–Kier alpha value is -5.75. The Morgan fingerprint density at radius 2 is 1.48 bits per heavy atom. The zero-order valence-electron chi connectivity index (χ0n) is 54.7. The number of carbonyl (C=O) groups excluding carboxylic acids is 4. The van der Waals surface area contributed by atoms with Crippen LogP contribution < -0.4 is 15.8 Å². The average Bonchev–Trinajstić information content (AvgIpc) is 1.59. The number of morpholine rings is 1. The van der Waals surface area contributed by atoms with Crippen molar-refractivity contribution < 1.29 is 76.7 Å². The van der Waals surface area contributed by atoms with Crippen LogP contribution in [-0.4, -0.2) is 192 Å². The number of methoxy groups -OCH3 is 1. The molecule has 3 heterocycles. The van der Waals surface area contributed by atoms with Gasteiger partial charge in [-0.25, -0.2) is 8.96 Å². The molecule has 8 N–H and O–H groups in total. The van der Waals surface area contributed by atoms with Crippen molar-refractivity contribution >= 4 is 48.6 Å². The number of nitrogens with two attached hydrogens (primary N) is 1. The number of halogens is 2. The van der Waals surface area contributed by atoms with Crippen LogP contribution in [0.25, 0.3) is 0 Å². The van der Waals surface area contributed by atoms with E-state index in [1.165, 1.54) is 42.5 Å². The molecule has 2 unspecified atom stereocenters. The smallest absolute Gasteiger partial charge is 0.470 e. The fraction of sp³-hybridized carbons (Fsp3) is 0.543. The van der Waals surface area contributed by atoms with Crippen molar-refractivity contribution in [1.82, 2.24) is 20.0 Å². The van der Waals surface area contributed by atoms with Gasteiger partial charge in [-0.1, -0.05) is 142 Å². The molecule has 6 fully saturated rings.